The third-order valence-corrected chi connectivity index (χ3v) is 1.70. The van der Waals surface area contributed by atoms with Crippen LogP contribution in [0.15, 0.2) is 17.1 Å². The van der Waals surface area contributed by atoms with Crippen LogP contribution in [0.2, 0.25) is 0 Å². The molecule has 1 rings (SSSR count). The van der Waals surface area contributed by atoms with Gasteiger partial charge in [0.1, 0.15) is 0 Å². The molecule has 0 unspecified atom stereocenters. The van der Waals surface area contributed by atoms with Crippen molar-refractivity contribution in [2.24, 2.45) is 0 Å². The zero-order valence-electron chi connectivity index (χ0n) is 8.24. The molecule has 0 aliphatic rings. The van der Waals surface area contributed by atoms with Gasteiger partial charge < -0.3 is 10.5 Å². The van der Waals surface area contributed by atoms with Gasteiger partial charge >= 0.3 is 6.55 Å². The van der Waals surface area contributed by atoms with Crippen molar-refractivity contribution >= 4 is 5.69 Å². The summed E-state index contributed by atoms with van der Waals surface area (Å²) >= 11 is 0. The Hall–Kier alpha value is -1.59. The van der Waals surface area contributed by atoms with Gasteiger partial charge in [0.25, 0.3) is 5.56 Å². The molecule has 0 bridgehead atoms. The summed E-state index contributed by atoms with van der Waals surface area (Å²) in [4.78, 5) is 11.4. The van der Waals surface area contributed by atoms with Gasteiger partial charge in [0.2, 0.25) is 0 Å². The molecule has 84 valence electrons. The second kappa shape index (κ2) is 4.77. The van der Waals surface area contributed by atoms with E-state index < -0.39 is 12.1 Å². The van der Waals surface area contributed by atoms with Gasteiger partial charge in [-0.05, 0) is 6.42 Å². The normalized spacial score (nSPS) is 10.7. The number of nitrogen functional groups attached to an aromatic ring is 1. The molecule has 4 nitrogen and oxygen atoms in total. The van der Waals surface area contributed by atoms with E-state index in [9.17, 15) is 13.6 Å². The minimum Gasteiger partial charge on any atom is -0.488 e. The predicted molar refractivity (Wildman–Crippen MR) is 52.2 cm³/mol. The van der Waals surface area contributed by atoms with Crippen LogP contribution >= 0.6 is 0 Å². The number of hydrogen-bond acceptors (Lipinski definition) is 3. The average Bonchev–Trinajstić information content (AvgIpc) is 2.18. The summed E-state index contributed by atoms with van der Waals surface area (Å²) in [6.45, 7) is -0.773. The van der Waals surface area contributed by atoms with Gasteiger partial charge in [-0.2, -0.15) is 8.78 Å². The highest BCUT2D eigenvalue weighted by Crippen LogP contribution is 2.14. The molecule has 0 amide bonds. The van der Waals surface area contributed by atoms with E-state index in [0.717, 1.165) is 6.20 Å². The Balaban J connectivity index is 3.11. The number of ether oxygens (including phenoxy) is 1. The van der Waals surface area contributed by atoms with Crippen molar-refractivity contribution in [1.29, 1.82) is 0 Å². The van der Waals surface area contributed by atoms with Crippen molar-refractivity contribution in [1.82, 2.24) is 4.57 Å². The maximum Gasteiger partial charge on any atom is 0.321 e. The van der Waals surface area contributed by atoms with Crippen LogP contribution in [0, 0.1) is 0 Å². The van der Waals surface area contributed by atoms with E-state index in [0.29, 0.717) is 13.0 Å². The Labute approximate surface area is 85.3 Å². The number of alkyl halides is 2. The SMILES string of the molecule is CCCOc1cc(N)cn(C(F)F)c1=O. The van der Waals surface area contributed by atoms with Crippen molar-refractivity contribution in [2.45, 2.75) is 19.9 Å². The summed E-state index contributed by atoms with van der Waals surface area (Å²) < 4.78 is 30.0. The highest BCUT2D eigenvalue weighted by molar-refractivity contribution is 5.40. The molecule has 1 aromatic rings. The van der Waals surface area contributed by atoms with Gasteiger partial charge in [0.15, 0.2) is 5.75 Å². The lowest BCUT2D eigenvalue weighted by Crippen LogP contribution is -2.23. The Kier molecular flexibility index (Phi) is 3.65. The molecule has 0 radical (unpaired) electrons. The Bertz CT molecular complexity index is 390. The van der Waals surface area contributed by atoms with Crippen molar-refractivity contribution in [3.8, 4) is 5.75 Å². The molecular formula is C9H12F2N2O2. The minimum atomic E-state index is -2.91. The van der Waals surface area contributed by atoms with Gasteiger partial charge in [0.05, 0.1) is 12.3 Å². The lowest BCUT2D eigenvalue weighted by atomic mass is 10.4. The maximum atomic E-state index is 12.4. The molecule has 1 aromatic heterocycles. The molecule has 0 fully saturated rings. The van der Waals surface area contributed by atoms with Crippen LogP contribution in [0.3, 0.4) is 0 Å². The number of nitrogens with two attached hydrogens (primary N) is 1. The van der Waals surface area contributed by atoms with E-state index in [-0.39, 0.29) is 16.0 Å². The van der Waals surface area contributed by atoms with Crippen LogP contribution in [0.5, 0.6) is 5.75 Å². The number of pyridine rings is 1. The second-order valence-electron chi connectivity index (χ2n) is 2.98. The second-order valence-corrected chi connectivity index (χ2v) is 2.98. The third kappa shape index (κ3) is 2.68. The van der Waals surface area contributed by atoms with Crippen LogP contribution in [-0.2, 0) is 0 Å². The number of anilines is 1. The number of hydrogen-bond donors (Lipinski definition) is 1. The van der Waals surface area contributed by atoms with Gasteiger partial charge in [-0.25, -0.2) is 0 Å². The number of aromatic nitrogens is 1. The Morgan fingerprint density at radius 2 is 2.27 bits per heavy atom. The minimum absolute atomic E-state index is 0.0704. The molecule has 0 saturated heterocycles. The van der Waals surface area contributed by atoms with Gasteiger partial charge in [-0.3, -0.25) is 9.36 Å². The Morgan fingerprint density at radius 3 is 2.80 bits per heavy atom. The first-order valence-corrected chi connectivity index (χ1v) is 4.49. The molecule has 0 atom stereocenters. The predicted octanol–water partition coefficient (Wildman–Crippen LogP) is 1.61. The van der Waals surface area contributed by atoms with Crippen LogP contribution in [0.25, 0.3) is 0 Å². The lowest BCUT2D eigenvalue weighted by Gasteiger charge is -2.09. The first kappa shape index (κ1) is 11.5. The molecule has 0 aromatic carbocycles. The molecular weight excluding hydrogens is 206 g/mol. The van der Waals surface area contributed by atoms with E-state index in [1.165, 1.54) is 6.07 Å². The molecule has 0 saturated carbocycles. The maximum absolute atomic E-state index is 12.4. The molecule has 1 heterocycles. The van der Waals surface area contributed by atoms with Crippen molar-refractivity contribution in [2.75, 3.05) is 12.3 Å². The average molecular weight is 218 g/mol. The van der Waals surface area contributed by atoms with Crippen molar-refractivity contribution < 1.29 is 13.5 Å². The smallest absolute Gasteiger partial charge is 0.321 e. The van der Waals surface area contributed by atoms with Crippen molar-refractivity contribution in [3.63, 3.8) is 0 Å². The Morgan fingerprint density at radius 1 is 1.60 bits per heavy atom. The summed E-state index contributed by atoms with van der Waals surface area (Å²) in [5.74, 6) is -0.142. The molecule has 0 aliphatic heterocycles. The van der Waals surface area contributed by atoms with Crippen LogP contribution in [0.4, 0.5) is 14.5 Å². The largest absolute Gasteiger partial charge is 0.488 e. The van der Waals surface area contributed by atoms with E-state index in [4.69, 9.17) is 10.5 Å². The third-order valence-electron chi connectivity index (χ3n) is 1.70. The zero-order chi connectivity index (χ0) is 11.4. The standard InChI is InChI=1S/C9H12F2N2O2/c1-2-3-15-7-4-6(12)5-13(8(7)14)9(10)11/h4-5,9H,2-3,12H2,1H3. The monoisotopic (exact) mass is 218 g/mol. The first-order chi connectivity index (χ1) is 7.06. The molecule has 15 heavy (non-hydrogen) atoms. The van der Waals surface area contributed by atoms with Gasteiger partial charge in [-0.15, -0.1) is 0 Å². The summed E-state index contributed by atoms with van der Waals surface area (Å²) in [6.07, 6.45) is 1.58. The lowest BCUT2D eigenvalue weighted by molar-refractivity contribution is 0.0652. The van der Waals surface area contributed by atoms with E-state index in [2.05, 4.69) is 0 Å². The zero-order valence-corrected chi connectivity index (χ0v) is 8.24. The van der Waals surface area contributed by atoms with Crippen LogP contribution in [-0.4, -0.2) is 11.2 Å². The molecule has 0 aliphatic carbocycles. The van der Waals surface area contributed by atoms with Gasteiger partial charge in [0, 0.05) is 12.3 Å². The van der Waals surface area contributed by atoms with Crippen LogP contribution in [0.1, 0.15) is 19.9 Å². The quantitative estimate of drug-likeness (QED) is 0.835. The van der Waals surface area contributed by atoms with E-state index in [1.807, 2.05) is 6.92 Å². The summed E-state index contributed by atoms with van der Waals surface area (Å²) in [5, 5.41) is 0. The fourth-order valence-electron chi connectivity index (χ4n) is 1.06. The van der Waals surface area contributed by atoms with E-state index >= 15 is 0 Å². The molecule has 2 N–H and O–H groups in total. The van der Waals surface area contributed by atoms with Crippen molar-refractivity contribution in [3.05, 3.63) is 22.6 Å². The topological polar surface area (TPSA) is 57.2 Å². The highest BCUT2D eigenvalue weighted by Gasteiger charge is 2.12. The highest BCUT2D eigenvalue weighted by atomic mass is 19.3. The summed E-state index contributed by atoms with van der Waals surface area (Å²) in [5.41, 5.74) is 4.57. The fraction of sp³-hybridized carbons (Fsp3) is 0.444. The van der Waals surface area contributed by atoms with E-state index in [1.54, 1.807) is 0 Å². The fourth-order valence-corrected chi connectivity index (χ4v) is 1.06. The number of nitrogens with zero attached hydrogens (tertiary/aromatic N) is 1. The first-order valence-electron chi connectivity index (χ1n) is 4.49. The summed E-state index contributed by atoms with van der Waals surface area (Å²) in [6, 6.07) is 1.25. The molecule has 6 heteroatoms. The summed E-state index contributed by atoms with van der Waals surface area (Å²) in [7, 11) is 0. The number of rotatable bonds is 4. The van der Waals surface area contributed by atoms with Crippen LogP contribution < -0.4 is 16.0 Å². The van der Waals surface area contributed by atoms with Gasteiger partial charge in [-0.1, -0.05) is 6.92 Å². The molecule has 0 spiro atoms. The number of halogens is 2.